The van der Waals surface area contributed by atoms with Crippen molar-refractivity contribution in [1.82, 2.24) is 4.57 Å². The summed E-state index contributed by atoms with van der Waals surface area (Å²) in [6, 6.07) is 77.0. The molecular formula is C51H38N4Si. The Morgan fingerprint density at radius 2 is 0.875 bits per heavy atom. The van der Waals surface area contributed by atoms with Crippen LogP contribution in [0.25, 0.3) is 32.9 Å². The molecule has 0 bridgehead atoms. The summed E-state index contributed by atoms with van der Waals surface area (Å²) in [4.78, 5) is 9.65. The highest BCUT2D eigenvalue weighted by atomic mass is 28.3. The lowest BCUT2D eigenvalue weighted by Gasteiger charge is -2.34. The molecule has 1 N–H and O–H groups in total. The molecule has 9 rings (SSSR count). The summed E-state index contributed by atoms with van der Waals surface area (Å²) in [5.74, 6) is 0.638. The Morgan fingerprint density at radius 3 is 1.45 bits per heavy atom. The largest absolute Gasteiger partial charge is 0.300 e. The first-order valence-electron chi connectivity index (χ1n) is 18.8. The Kier molecular flexibility index (Phi) is 9.42. The van der Waals surface area contributed by atoms with E-state index in [2.05, 4.69) is 162 Å². The standard InChI is InChI=1S/C51H38N4Si/c52-50(39-18-6-1-7-19-39)54-51(40-20-8-2-9-21-40)53-37-55-48-29-17-16-28-46(48)47-36-41(32-35-49(47)55)38-30-33-45(34-31-38)56(42-22-10-3-11-23-42,43-24-12-4-13-25-43)44-26-14-5-15-27-44/h1-37,52H/b52-50?,53-37+,54-51-. The van der Waals surface area contributed by atoms with Crippen LogP contribution < -0.4 is 20.7 Å². The van der Waals surface area contributed by atoms with Gasteiger partial charge in [-0.3, -0.25) is 9.98 Å². The number of rotatable bonds is 8. The number of amidine groups is 2. The van der Waals surface area contributed by atoms with E-state index in [0.29, 0.717) is 5.84 Å². The van der Waals surface area contributed by atoms with Crippen LogP contribution in [-0.4, -0.2) is 30.7 Å². The molecule has 1 heterocycles. The van der Waals surface area contributed by atoms with Gasteiger partial charge in [-0.1, -0.05) is 200 Å². The van der Waals surface area contributed by atoms with Gasteiger partial charge in [0.05, 0.1) is 11.0 Å². The highest BCUT2D eigenvalue weighted by Gasteiger charge is 2.41. The molecule has 0 saturated heterocycles. The summed E-state index contributed by atoms with van der Waals surface area (Å²) < 4.78 is 2.13. The van der Waals surface area contributed by atoms with Crippen molar-refractivity contribution in [3.63, 3.8) is 0 Å². The van der Waals surface area contributed by atoms with Crippen molar-refractivity contribution in [2.75, 3.05) is 0 Å². The highest BCUT2D eigenvalue weighted by molar-refractivity contribution is 7.19. The molecule has 1 aromatic heterocycles. The molecule has 0 aliphatic rings. The summed E-state index contributed by atoms with van der Waals surface area (Å²) in [6.07, 6.45) is 1.84. The summed E-state index contributed by atoms with van der Waals surface area (Å²) in [5.41, 5.74) is 5.99. The predicted molar refractivity (Wildman–Crippen MR) is 239 cm³/mol. The van der Waals surface area contributed by atoms with E-state index in [1.54, 1.807) is 0 Å². The zero-order valence-electron chi connectivity index (χ0n) is 30.7. The van der Waals surface area contributed by atoms with Gasteiger partial charge in [-0.2, -0.15) is 0 Å². The third-order valence-corrected chi connectivity index (χ3v) is 15.4. The zero-order valence-corrected chi connectivity index (χ0v) is 31.7. The fourth-order valence-corrected chi connectivity index (χ4v) is 12.7. The van der Waals surface area contributed by atoms with Gasteiger partial charge < -0.3 is 0 Å². The van der Waals surface area contributed by atoms with Crippen molar-refractivity contribution < 1.29 is 0 Å². The Balaban J connectivity index is 1.13. The first kappa shape index (κ1) is 34.5. The number of hydrogen-bond donors (Lipinski definition) is 1. The lowest BCUT2D eigenvalue weighted by Crippen LogP contribution is -2.74. The lowest BCUT2D eigenvalue weighted by molar-refractivity contribution is 1.31. The van der Waals surface area contributed by atoms with Crippen LogP contribution in [0.4, 0.5) is 0 Å². The molecule has 0 aliphatic carbocycles. The molecule has 0 atom stereocenters. The van der Waals surface area contributed by atoms with Gasteiger partial charge in [-0.15, -0.1) is 0 Å². The normalized spacial score (nSPS) is 12.0. The second-order valence-corrected chi connectivity index (χ2v) is 17.6. The van der Waals surface area contributed by atoms with Crippen molar-refractivity contribution in [3.8, 4) is 11.1 Å². The molecule has 9 aromatic rings. The maximum atomic E-state index is 8.74. The molecule has 56 heavy (non-hydrogen) atoms. The van der Waals surface area contributed by atoms with Gasteiger partial charge in [0.15, 0.2) is 19.7 Å². The second kappa shape index (κ2) is 15.3. The molecule has 0 aliphatic heterocycles. The highest BCUT2D eigenvalue weighted by Crippen LogP contribution is 2.32. The number of nitrogens with zero attached hydrogens (tertiary/aromatic N) is 3. The minimum absolute atomic E-state index is 0.163. The van der Waals surface area contributed by atoms with E-state index < -0.39 is 8.07 Å². The minimum atomic E-state index is -2.61. The van der Waals surface area contributed by atoms with Gasteiger partial charge in [-0.05, 0) is 50.1 Å². The van der Waals surface area contributed by atoms with Gasteiger partial charge in [-0.25, -0.2) is 9.98 Å². The number of para-hydroxylation sites is 1. The summed E-state index contributed by atoms with van der Waals surface area (Å²) in [5, 5.41) is 16.5. The molecule has 5 heteroatoms. The van der Waals surface area contributed by atoms with Gasteiger partial charge in [0.1, 0.15) is 6.34 Å². The minimum Gasteiger partial charge on any atom is -0.300 e. The zero-order chi connectivity index (χ0) is 37.7. The number of benzene rings is 8. The number of nitrogens with one attached hydrogen (secondary N) is 1. The van der Waals surface area contributed by atoms with Crippen molar-refractivity contribution >= 4 is 68.6 Å². The van der Waals surface area contributed by atoms with Crippen molar-refractivity contribution in [2.45, 2.75) is 0 Å². The molecule has 0 radical (unpaired) electrons. The van der Waals surface area contributed by atoms with E-state index in [1.807, 2.05) is 67.0 Å². The Morgan fingerprint density at radius 1 is 0.429 bits per heavy atom. The van der Waals surface area contributed by atoms with Crippen LogP contribution >= 0.6 is 0 Å². The van der Waals surface area contributed by atoms with E-state index >= 15 is 0 Å². The molecular weight excluding hydrogens is 697 g/mol. The number of aliphatic imine (C=N–C) groups is 2. The van der Waals surface area contributed by atoms with Gasteiger partial charge in [0.2, 0.25) is 0 Å². The average Bonchev–Trinajstić information content (AvgIpc) is 3.60. The molecule has 0 fully saturated rings. The van der Waals surface area contributed by atoms with E-state index in [-0.39, 0.29) is 5.84 Å². The van der Waals surface area contributed by atoms with Gasteiger partial charge in [0.25, 0.3) is 0 Å². The third-order valence-electron chi connectivity index (χ3n) is 10.6. The first-order valence-corrected chi connectivity index (χ1v) is 20.8. The topological polar surface area (TPSA) is 53.5 Å². The second-order valence-electron chi connectivity index (χ2n) is 13.8. The van der Waals surface area contributed by atoms with Crippen LogP contribution in [-0.2, 0) is 0 Å². The SMILES string of the molecule is N=C(/N=C(\N=C\n1c2ccccc2c2cc(-c3ccc([Si](c4ccccc4)(c4ccccc4)c4ccccc4)cc3)ccc21)c1ccccc1)c1ccccc1. The smallest absolute Gasteiger partial charge is 0.179 e. The molecule has 0 amide bonds. The van der Waals surface area contributed by atoms with E-state index in [4.69, 9.17) is 15.4 Å². The summed E-state index contributed by atoms with van der Waals surface area (Å²) in [6.45, 7) is 0. The summed E-state index contributed by atoms with van der Waals surface area (Å²) >= 11 is 0. The van der Waals surface area contributed by atoms with E-state index in [9.17, 15) is 0 Å². The maximum absolute atomic E-state index is 8.74. The van der Waals surface area contributed by atoms with Gasteiger partial charge in [0, 0.05) is 21.9 Å². The van der Waals surface area contributed by atoms with Crippen molar-refractivity contribution in [3.05, 3.63) is 230 Å². The van der Waals surface area contributed by atoms with Crippen molar-refractivity contribution in [1.29, 1.82) is 5.41 Å². The van der Waals surface area contributed by atoms with Crippen LogP contribution in [0, 0.1) is 5.41 Å². The quantitative estimate of drug-likeness (QED) is 0.0701. The molecule has 0 saturated carbocycles. The van der Waals surface area contributed by atoms with Crippen LogP contribution in [0.15, 0.2) is 228 Å². The Hall–Kier alpha value is -7.21. The van der Waals surface area contributed by atoms with Crippen molar-refractivity contribution in [2.24, 2.45) is 9.98 Å². The molecule has 4 nitrogen and oxygen atoms in total. The lowest BCUT2D eigenvalue weighted by atomic mass is 10.0. The summed E-state index contributed by atoms with van der Waals surface area (Å²) in [7, 11) is -2.61. The fraction of sp³-hybridized carbons (Fsp3) is 0. The van der Waals surface area contributed by atoms with Crippen LogP contribution in [0.3, 0.4) is 0 Å². The Bertz CT molecular complexity index is 2730. The van der Waals surface area contributed by atoms with E-state index in [0.717, 1.165) is 44.1 Å². The first-order chi connectivity index (χ1) is 27.7. The number of fused-ring (bicyclic) bond motifs is 3. The maximum Gasteiger partial charge on any atom is 0.179 e. The van der Waals surface area contributed by atoms with Crippen LogP contribution in [0.2, 0.25) is 0 Å². The third kappa shape index (κ3) is 6.40. The number of hydrogen-bond acceptors (Lipinski definition) is 1. The van der Waals surface area contributed by atoms with Crippen LogP contribution in [0.1, 0.15) is 11.1 Å². The molecule has 266 valence electrons. The number of aromatic nitrogens is 1. The predicted octanol–water partition coefficient (Wildman–Crippen LogP) is 9.19. The fourth-order valence-electron chi connectivity index (χ4n) is 7.92. The molecule has 8 aromatic carbocycles. The monoisotopic (exact) mass is 734 g/mol. The average molecular weight is 735 g/mol. The van der Waals surface area contributed by atoms with Gasteiger partial charge >= 0.3 is 0 Å². The molecule has 0 spiro atoms. The Labute approximate surface area is 328 Å². The van der Waals surface area contributed by atoms with E-state index in [1.165, 1.54) is 20.7 Å². The van der Waals surface area contributed by atoms with Crippen LogP contribution in [0.5, 0.6) is 0 Å². The molecule has 0 unspecified atom stereocenters.